The van der Waals surface area contributed by atoms with Gasteiger partial charge in [-0.2, -0.15) is 0 Å². The van der Waals surface area contributed by atoms with Crippen molar-refractivity contribution in [3.05, 3.63) is 23.3 Å². The maximum Gasteiger partial charge on any atom is 0.335 e. The van der Waals surface area contributed by atoms with E-state index in [4.69, 9.17) is 18.9 Å². The molecule has 0 saturated carbocycles. The molecule has 21 heavy (non-hydrogen) atoms. The number of carbonyl (C=O) groups excluding carboxylic acids is 1. The fourth-order valence-corrected chi connectivity index (χ4v) is 2.80. The van der Waals surface area contributed by atoms with Gasteiger partial charge >= 0.3 is 5.97 Å². The average Bonchev–Trinajstić information content (AvgIpc) is 2.52. The van der Waals surface area contributed by atoms with Crippen LogP contribution in [0.3, 0.4) is 0 Å². The molecule has 2 atom stereocenters. The van der Waals surface area contributed by atoms with Gasteiger partial charge in [-0.15, -0.1) is 0 Å². The molecule has 5 heteroatoms. The summed E-state index contributed by atoms with van der Waals surface area (Å²) in [7, 11) is 4.63. The number of rotatable bonds is 5. The molecule has 0 N–H and O–H groups in total. The summed E-state index contributed by atoms with van der Waals surface area (Å²) in [5.41, 5.74) is 1.95. The normalized spacial score (nSPS) is 20.6. The van der Waals surface area contributed by atoms with E-state index >= 15 is 0 Å². The van der Waals surface area contributed by atoms with Gasteiger partial charge in [0.25, 0.3) is 0 Å². The predicted octanol–water partition coefficient (Wildman–Crippen LogP) is 2.66. The molecule has 1 aromatic carbocycles. The zero-order valence-corrected chi connectivity index (χ0v) is 13.0. The maximum atomic E-state index is 11.9. The Morgan fingerprint density at radius 2 is 1.90 bits per heavy atom. The zero-order valence-electron chi connectivity index (χ0n) is 13.0. The third-order valence-electron chi connectivity index (χ3n) is 3.77. The quantitative estimate of drug-likeness (QED) is 0.781. The van der Waals surface area contributed by atoms with Crippen molar-refractivity contribution in [2.24, 2.45) is 0 Å². The lowest BCUT2D eigenvalue weighted by atomic mass is 9.90. The number of ether oxygens (including phenoxy) is 4. The van der Waals surface area contributed by atoms with E-state index < -0.39 is 6.10 Å². The molecule has 1 aliphatic rings. The number of esters is 1. The minimum atomic E-state index is -0.597. The fraction of sp³-hybridized carbons (Fsp3) is 0.562. The first-order chi connectivity index (χ1) is 10.2. The molecule has 0 bridgehead atoms. The second kappa shape index (κ2) is 6.80. The first-order valence-corrected chi connectivity index (χ1v) is 7.13. The molecule has 2 rings (SSSR count). The first kappa shape index (κ1) is 15.6. The first-order valence-electron chi connectivity index (χ1n) is 7.13. The second-order valence-electron chi connectivity index (χ2n) is 4.99. The molecule has 1 aliphatic heterocycles. The third-order valence-corrected chi connectivity index (χ3v) is 3.77. The largest absolute Gasteiger partial charge is 0.496 e. The van der Waals surface area contributed by atoms with E-state index in [1.165, 1.54) is 7.11 Å². The molecule has 2 unspecified atom stereocenters. The second-order valence-corrected chi connectivity index (χ2v) is 4.99. The lowest BCUT2D eigenvalue weighted by Gasteiger charge is -2.32. The third kappa shape index (κ3) is 2.97. The molecule has 0 amide bonds. The highest BCUT2D eigenvalue weighted by Crippen LogP contribution is 2.43. The smallest absolute Gasteiger partial charge is 0.335 e. The molecule has 1 heterocycles. The molecule has 116 valence electrons. The summed E-state index contributed by atoms with van der Waals surface area (Å²) >= 11 is 0. The van der Waals surface area contributed by atoms with E-state index in [0.717, 1.165) is 35.5 Å². The molecule has 0 aliphatic carbocycles. The van der Waals surface area contributed by atoms with Crippen LogP contribution in [0.1, 0.15) is 37.0 Å². The molecular formula is C16H22O5. The van der Waals surface area contributed by atoms with Crippen LogP contribution in [0.2, 0.25) is 0 Å². The minimum absolute atomic E-state index is 0.187. The number of benzene rings is 1. The molecule has 1 aromatic rings. The molecular weight excluding hydrogens is 272 g/mol. The number of methoxy groups -OCH3 is 3. The van der Waals surface area contributed by atoms with E-state index in [1.807, 2.05) is 12.1 Å². The molecule has 0 saturated heterocycles. The van der Waals surface area contributed by atoms with Crippen LogP contribution < -0.4 is 9.47 Å². The molecule has 0 radical (unpaired) electrons. The van der Waals surface area contributed by atoms with Gasteiger partial charge in [-0.05, 0) is 18.6 Å². The minimum Gasteiger partial charge on any atom is -0.496 e. The molecule has 0 aromatic heterocycles. The summed E-state index contributed by atoms with van der Waals surface area (Å²) in [6.07, 6.45) is 1.40. The van der Waals surface area contributed by atoms with Gasteiger partial charge in [0.2, 0.25) is 0 Å². The Morgan fingerprint density at radius 3 is 2.48 bits per heavy atom. The Kier molecular flexibility index (Phi) is 5.07. The van der Waals surface area contributed by atoms with Crippen LogP contribution in [0.4, 0.5) is 0 Å². The SMILES string of the molecule is CCCC1OC(C(=O)OC)Cc2c(OC)ccc(OC)c21. The Labute approximate surface area is 125 Å². The standard InChI is InChI=1S/C16H22O5/c1-5-6-13-15-10(9-14(21-13)16(17)20-4)11(18-2)7-8-12(15)19-3/h7-8,13-14H,5-6,9H2,1-4H3. The summed E-state index contributed by atoms with van der Waals surface area (Å²) in [6.45, 7) is 2.08. The zero-order chi connectivity index (χ0) is 15.4. The lowest BCUT2D eigenvalue weighted by molar-refractivity contribution is -0.160. The molecule has 0 fully saturated rings. The van der Waals surface area contributed by atoms with Gasteiger partial charge in [0.1, 0.15) is 11.5 Å². The van der Waals surface area contributed by atoms with Gasteiger partial charge in [-0.3, -0.25) is 0 Å². The van der Waals surface area contributed by atoms with Crippen molar-refractivity contribution in [1.82, 2.24) is 0 Å². The van der Waals surface area contributed by atoms with Crippen molar-refractivity contribution in [2.45, 2.75) is 38.4 Å². The van der Waals surface area contributed by atoms with Crippen LogP contribution in [0.25, 0.3) is 0 Å². The molecule has 0 spiro atoms. The van der Waals surface area contributed by atoms with Crippen molar-refractivity contribution in [3.8, 4) is 11.5 Å². The summed E-state index contributed by atoms with van der Waals surface area (Å²) < 4.78 is 21.7. The van der Waals surface area contributed by atoms with Crippen LogP contribution in [-0.4, -0.2) is 33.4 Å². The van der Waals surface area contributed by atoms with Crippen molar-refractivity contribution < 1.29 is 23.7 Å². The highest BCUT2D eigenvalue weighted by Gasteiger charge is 2.36. The van der Waals surface area contributed by atoms with Crippen LogP contribution in [-0.2, 0) is 20.7 Å². The van der Waals surface area contributed by atoms with E-state index in [0.29, 0.717) is 6.42 Å². The van der Waals surface area contributed by atoms with Crippen molar-refractivity contribution in [2.75, 3.05) is 21.3 Å². The van der Waals surface area contributed by atoms with Crippen molar-refractivity contribution >= 4 is 5.97 Å². The number of hydrogen-bond acceptors (Lipinski definition) is 5. The predicted molar refractivity (Wildman–Crippen MR) is 77.8 cm³/mol. The van der Waals surface area contributed by atoms with Crippen LogP contribution in [0, 0.1) is 0 Å². The van der Waals surface area contributed by atoms with Crippen molar-refractivity contribution in [1.29, 1.82) is 0 Å². The number of fused-ring (bicyclic) bond motifs is 1. The topological polar surface area (TPSA) is 54.0 Å². The summed E-state index contributed by atoms with van der Waals surface area (Å²) in [6, 6.07) is 3.74. The van der Waals surface area contributed by atoms with E-state index in [2.05, 4.69) is 6.92 Å². The van der Waals surface area contributed by atoms with Gasteiger partial charge in [-0.25, -0.2) is 4.79 Å². The Balaban J connectivity index is 2.50. The summed E-state index contributed by atoms with van der Waals surface area (Å²) in [5.74, 6) is 1.17. The van der Waals surface area contributed by atoms with Gasteiger partial charge in [0.05, 0.1) is 27.4 Å². The van der Waals surface area contributed by atoms with Gasteiger partial charge in [0, 0.05) is 17.5 Å². The number of hydrogen-bond donors (Lipinski definition) is 0. The van der Waals surface area contributed by atoms with Crippen LogP contribution >= 0.6 is 0 Å². The van der Waals surface area contributed by atoms with Gasteiger partial charge < -0.3 is 18.9 Å². The Bertz CT molecular complexity index is 512. The number of carbonyl (C=O) groups is 1. The van der Waals surface area contributed by atoms with E-state index in [1.54, 1.807) is 14.2 Å². The summed E-state index contributed by atoms with van der Waals surface area (Å²) in [4.78, 5) is 11.9. The molecule has 5 nitrogen and oxygen atoms in total. The van der Waals surface area contributed by atoms with Crippen LogP contribution in [0.5, 0.6) is 11.5 Å². The maximum absolute atomic E-state index is 11.9. The van der Waals surface area contributed by atoms with Crippen LogP contribution in [0.15, 0.2) is 12.1 Å². The highest BCUT2D eigenvalue weighted by atomic mass is 16.6. The van der Waals surface area contributed by atoms with Gasteiger partial charge in [0.15, 0.2) is 6.10 Å². The fourth-order valence-electron chi connectivity index (χ4n) is 2.80. The van der Waals surface area contributed by atoms with E-state index in [9.17, 15) is 4.79 Å². The Hall–Kier alpha value is -1.75. The van der Waals surface area contributed by atoms with Crippen molar-refractivity contribution in [3.63, 3.8) is 0 Å². The lowest BCUT2D eigenvalue weighted by Crippen LogP contribution is -2.34. The monoisotopic (exact) mass is 294 g/mol. The van der Waals surface area contributed by atoms with E-state index in [-0.39, 0.29) is 12.1 Å². The summed E-state index contributed by atoms with van der Waals surface area (Å²) in [5, 5.41) is 0. The highest BCUT2D eigenvalue weighted by molar-refractivity contribution is 5.76. The van der Waals surface area contributed by atoms with Gasteiger partial charge in [-0.1, -0.05) is 13.3 Å². The Morgan fingerprint density at radius 1 is 1.24 bits per heavy atom. The average molecular weight is 294 g/mol.